The van der Waals surface area contributed by atoms with Crippen LogP contribution in [-0.4, -0.2) is 110 Å². The van der Waals surface area contributed by atoms with E-state index in [0.717, 1.165) is 132 Å². The van der Waals surface area contributed by atoms with E-state index in [2.05, 4.69) is 5.10 Å². The summed E-state index contributed by atoms with van der Waals surface area (Å²) in [5.74, 6) is -0.693. The lowest BCUT2D eigenvalue weighted by atomic mass is 9.88. The number of ether oxygens (including phenoxy) is 7. The number of benzene rings is 13. The van der Waals surface area contributed by atoms with E-state index < -0.39 is 44.9 Å². The summed E-state index contributed by atoms with van der Waals surface area (Å²) in [6, 6.07) is 80.7. The van der Waals surface area contributed by atoms with Crippen LogP contribution < -0.4 is 33.2 Å². The van der Waals surface area contributed by atoms with Gasteiger partial charge in [0.2, 0.25) is 11.8 Å². The number of halogens is 6. The fraction of sp³-hybridized carbons (Fsp3) is 0.239. The van der Waals surface area contributed by atoms with Gasteiger partial charge in [-0.15, -0.1) is 0 Å². The van der Waals surface area contributed by atoms with E-state index in [4.69, 9.17) is 48.5 Å². The van der Waals surface area contributed by atoms with E-state index in [1.807, 2.05) is 128 Å². The number of para-hydroxylation sites is 4. The molecular weight excluding hydrogens is 1980 g/mol. The number of carbonyl (C=O) groups excluding carboxylic acids is 7. The Morgan fingerprint density at radius 3 is 1.10 bits per heavy atom. The van der Waals surface area contributed by atoms with Gasteiger partial charge in [-0.05, 0) is 233 Å². The molecular formula is C117H106F6N8O14S4. The number of amides is 4. The highest BCUT2D eigenvalue weighted by molar-refractivity contribution is 8.15. The first-order valence-corrected chi connectivity index (χ1v) is 51.9. The summed E-state index contributed by atoms with van der Waals surface area (Å²) in [7, 11) is 6.23. The van der Waals surface area contributed by atoms with Gasteiger partial charge in [0.25, 0.3) is 11.8 Å². The standard InChI is InChI=1S/C32H27FN2O4S.C32H33FN2O4S.C31H31FN2O4S.C22H15F3N2O2S/c1-20-8-4-5-11-26(20)31(37)35-32(40-30(34-35)23-14-16-25(33)17-15-23)27-12-7-13-28(29(27)38-3)39-19-22-9-6-10-24(18-22)21(2)36;1-21(36)19-22-11-13-23(14-12-22)20-39-28-10-6-9-27(29(28)38-2)32-35(31(37)25-7-4-3-5-8-25)34-30(40-32)24-15-17-26(33)18-16-24;1-20(35)24-11-6-8-21(18-24)19-38-27-13-7-12-26(28(27)37-2)31-34(30(36)23-9-4-3-5-10-23)33-29(39-31)22-14-16-25(32)17-15-22;1-29-19-8-3-2-7-16(19)22-27(21(28)14-5-4-6-15(23)11-14)26-20(30-22)13-9-10-17(24)18(25)12-13/h4-18,32H,19H2,1-3H3;6,9-18,25,32H,3-5,7-8,19-20H2,1-2H3;6-8,11-18,23,31H,3-5,9-10,19H2,1-2H3;2-12,22H,1H3. The summed E-state index contributed by atoms with van der Waals surface area (Å²) in [6.45, 7) is 7.32. The van der Waals surface area contributed by atoms with Crippen molar-refractivity contribution in [2.45, 2.75) is 140 Å². The molecule has 4 unspecified atom stereocenters. The molecule has 19 rings (SSSR count). The second-order valence-electron chi connectivity index (χ2n) is 35.8. The molecule has 6 aliphatic rings. The maximum absolute atomic E-state index is 13.8. The highest BCUT2D eigenvalue weighted by Gasteiger charge is 2.44. The van der Waals surface area contributed by atoms with E-state index in [9.17, 15) is 59.9 Å². The predicted molar refractivity (Wildman–Crippen MR) is 568 cm³/mol. The summed E-state index contributed by atoms with van der Waals surface area (Å²) in [4.78, 5) is 89.4. The van der Waals surface area contributed by atoms with Crippen LogP contribution in [0.2, 0.25) is 0 Å². The number of rotatable bonds is 29. The maximum Gasteiger partial charge on any atom is 0.275 e. The molecule has 4 aliphatic heterocycles. The molecule has 2 fully saturated rings. The average Bonchev–Trinajstić information content (AvgIpc) is 1.63. The molecule has 149 heavy (non-hydrogen) atoms. The maximum atomic E-state index is 13.8. The summed E-state index contributed by atoms with van der Waals surface area (Å²) in [5.41, 5.74) is 11.8. The van der Waals surface area contributed by atoms with Crippen LogP contribution in [0.4, 0.5) is 26.3 Å². The number of thioether (sulfide) groups is 4. The Morgan fingerprint density at radius 1 is 0.315 bits per heavy atom. The van der Waals surface area contributed by atoms with Crippen LogP contribution in [-0.2, 0) is 40.6 Å². The van der Waals surface area contributed by atoms with Crippen molar-refractivity contribution in [3.8, 4) is 40.2 Å². The first-order valence-electron chi connectivity index (χ1n) is 48.4. The number of nitrogens with zero attached hydrogens (tertiary/aromatic N) is 8. The van der Waals surface area contributed by atoms with Gasteiger partial charge in [0, 0.05) is 85.0 Å². The van der Waals surface area contributed by atoms with Gasteiger partial charge in [0.15, 0.2) is 57.7 Å². The minimum absolute atomic E-state index is 0.00117. The quantitative estimate of drug-likeness (QED) is 0.0312. The summed E-state index contributed by atoms with van der Waals surface area (Å²) in [6.07, 6.45) is 10.3. The predicted octanol–water partition coefficient (Wildman–Crippen LogP) is 26.7. The van der Waals surface area contributed by atoms with Gasteiger partial charge in [0.1, 0.15) is 96.3 Å². The first-order chi connectivity index (χ1) is 72.2. The topological polar surface area (TPSA) is 246 Å². The Kier molecular flexibility index (Phi) is 35.9. The fourth-order valence-electron chi connectivity index (χ4n) is 17.7. The molecule has 2 aliphatic carbocycles. The Bertz CT molecular complexity index is 7220. The molecule has 2 saturated carbocycles. The van der Waals surface area contributed by atoms with Crippen LogP contribution in [0.3, 0.4) is 0 Å². The van der Waals surface area contributed by atoms with Gasteiger partial charge < -0.3 is 33.2 Å². The third-order valence-corrected chi connectivity index (χ3v) is 30.3. The molecule has 13 aromatic rings. The summed E-state index contributed by atoms with van der Waals surface area (Å²) < 4.78 is 123. The minimum atomic E-state index is -1.01. The lowest BCUT2D eigenvalue weighted by molar-refractivity contribution is -0.138. The van der Waals surface area contributed by atoms with Crippen molar-refractivity contribution in [1.29, 1.82) is 0 Å². The smallest absolute Gasteiger partial charge is 0.275 e. The van der Waals surface area contributed by atoms with Crippen LogP contribution in [0.15, 0.2) is 312 Å². The monoisotopic (exact) mass is 2090 g/mol. The van der Waals surface area contributed by atoms with E-state index in [-0.39, 0.29) is 83.1 Å². The molecule has 764 valence electrons. The Hall–Kier alpha value is -15.0. The molecule has 0 saturated heterocycles. The Morgan fingerprint density at radius 2 is 0.678 bits per heavy atom. The molecule has 0 bridgehead atoms. The normalized spacial score (nSPS) is 16.4. The van der Waals surface area contributed by atoms with E-state index in [1.165, 1.54) is 139 Å². The van der Waals surface area contributed by atoms with Gasteiger partial charge in [-0.1, -0.05) is 225 Å². The van der Waals surface area contributed by atoms with E-state index >= 15 is 0 Å². The van der Waals surface area contributed by atoms with Gasteiger partial charge in [-0.3, -0.25) is 33.6 Å². The Labute approximate surface area is 876 Å². The zero-order valence-corrected chi connectivity index (χ0v) is 86.0. The van der Waals surface area contributed by atoms with Gasteiger partial charge in [-0.2, -0.15) is 20.4 Å². The van der Waals surface area contributed by atoms with E-state index in [1.54, 1.807) is 129 Å². The van der Waals surface area contributed by atoms with Crippen molar-refractivity contribution in [3.63, 3.8) is 0 Å². The van der Waals surface area contributed by atoms with Gasteiger partial charge in [0.05, 0.1) is 28.4 Å². The molecule has 22 nitrogen and oxygen atoms in total. The van der Waals surface area contributed by atoms with Crippen molar-refractivity contribution in [3.05, 3.63) is 421 Å². The number of Topliss-reactive ketones (excluding diaryl/α,β-unsaturated/α-hetero) is 3. The Balaban J connectivity index is 0.000000142. The molecule has 4 atom stereocenters. The SMILES string of the molecule is COc1c(OCc2ccc(CC(C)=O)cc2)cccc1C1SC(c2ccc(F)cc2)=NN1C(=O)C1CCCCC1.COc1c(OCc2cccc(C(C)=O)c2)cccc1C1SC(c2ccc(F)cc2)=NN1C(=O)C1CCCCC1.COc1c(OCc2cccc(C(C)=O)c2)cccc1C1SC(c2ccc(F)cc2)=NN1C(=O)c1ccccc1C.COc1ccccc1C1SC(c2ccc(F)c(F)c2)=NN1C(=O)c1cccc(F)c1. The van der Waals surface area contributed by atoms with Gasteiger partial charge >= 0.3 is 0 Å². The van der Waals surface area contributed by atoms with Crippen LogP contribution in [0.5, 0.6) is 40.2 Å². The zero-order chi connectivity index (χ0) is 105. The third kappa shape index (κ3) is 26.2. The number of hydrazone groups is 4. The minimum Gasteiger partial charge on any atom is -0.496 e. The second kappa shape index (κ2) is 50.1. The van der Waals surface area contributed by atoms with Crippen LogP contribution >= 0.6 is 47.0 Å². The molecule has 0 spiro atoms. The van der Waals surface area contributed by atoms with Crippen molar-refractivity contribution in [2.75, 3.05) is 28.4 Å². The lowest BCUT2D eigenvalue weighted by Gasteiger charge is -2.28. The number of hydrogen-bond donors (Lipinski definition) is 0. The molecule has 13 aromatic carbocycles. The number of ketones is 3. The molecule has 0 N–H and O–H groups in total. The molecule has 4 heterocycles. The van der Waals surface area contributed by atoms with Crippen molar-refractivity contribution >= 4 is 108 Å². The largest absolute Gasteiger partial charge is 0.496 e. The fourth-order valence-corrected chi connectivity index (χ4v) is 22.5. The van der Waals surface area contributed by atoms with Crippen LogP contribution in [0.1, 0.15) is 220 Å². The highest BCUT2D eigenvalue weighted by Crippen LogP contribution is 2.53. The lowest BCUT2D eigenvalue weighted by Crippen LogP contribution is -2.33. The molecule has 0 radical (unpaired) electrons. The number of carbonyl (C=O) groups is 7. The molecule has 4 amide bonds. The van der Waals surface area contributed by atoms with Crippen molar-refractivity contribution in [2.24, 2.45) is 32.2 Å². The third-order valence-electron chi connectivity index (χ3n) is 25.4. The van der Waals surface area contributed by atoms with E-state index in [0.29, 0.717) is 112 Å². The first kappa shape index (κ1) is 107. The summed E-state index contributed by atoms with van der Waals surface area (Å²) in [5, 5.41) is 24.5. The summed E-state index contributed by atoms with van der Waals surface area (Å²) >= 11 is 5.46. The van der Waals surface area contributed by atoms with Gasteiger partial charge in [-0.25, -0.2) is 46.4 Å². The number of hydrogen-bond acceptors (Lipinski definition) is 22. The van der Waals surface area contributed by atoms with Crippen LogP contribution in [0, 0.1) is 53.7 Å². The number of methoxy groups -OCH3 is 4. The molecule has 0 aromatic heterocycles. The second-order valence-corrected chi connectivity index (χ2v) is 40.0. The highest BCUT2D eigenvalue weighted by atomic mass is 32.2. The zero-order valence-electron chi connectivity index (χ0n) is 82.8. The van der Waals surface area contributed by atoms with Crippen molar-refractivity contribution in [1.82, 2.24) is 20.0 Å². The number of aryl methyl sites for hydroxylation is 1. The average molecular weight is 2090 g/mol. The molecule has 32 heteroatoms. The van der Waals surface area contributed by atoms with Crippen LogP contribution in [0.25, 0.3) is 0 Å². The van der Waals surface area contributed by atoms with Crippen molar-refractivity contribution < 1.29 is 93.1 Å².